The molecule has 0 aliphatic carbocycles. The van der Waals surface area contributed by atoms with Crippen molar-refractivity contribution in [1.82, 2.24) is 0 Å². The average molecular weight is 276 g/mol. The summed E-state index contributed by atoms with van der Waals surface area (Å²) in [4.78, 5) is 0.196. The van der Waals surface area contributed by atoms with Crippen LogP contribution in [0.2, 0.25) is 0 Å². The maximum Gasteiger partial charge on any atom is 0.264 e. The van der Waals surface area contributed by atoms with Crippen LogP contribution >= 0.6 is 0 Å². The van der Waals surface area contributed by atoms with Gasteiger partial charge >= 0.3 is 0 Å². The van der Waals surface area contributed by atoms with Crippen molar-refractivity contribution in [2.24, 2.45) is 0 Å². The number of nitrogen functional groups attached to an aromatic ring is 1. The first-order valence-corrected chi connectivity index (χ1v) is 7.27. The fourth-order valence-corrected chi connectivity index (χ4v) is 2.95. The Morgan fingerprint density at radius 3 is 2.26 bits per heavy atom. The van der Waals surface area contributed by atoms with Gasteiger partial charge in [-0.3, -0.25) is 4.31 Å². The molecule has 0 spiro atoms. The molecule has 2 aromatic carbocycles. The van der Waals surface area contributed by atoms with Crippen LogP contribution in [-0.4, -0.2) is 15.5 Å². The molecule has 0 bridgehead atoms. The molecule has 0 amide bonds. The summed E-state index contributed by atoms with van der Waals surface area (Å²) in [6.45, 7) is 1.84. The van der Waals surface area contributed by atoms with Gasteiger partial charge in [-0.05, 0) is 36.8 Å². The zero-order valence-corrected chi connectivity index (χ0v) is 11.7. The highest BCUT2D eigenvalue weighted by Gasteiger charge is 2.21. The Morgan fingerprint density at radius 2 is 1.68 bits per heavy atom. The van der Waals surface area contributed by atoms with Gasteiger partial charge in [0.15, 0.2) is 0 Å². The molecule has 0 unspecified atom stereocenters. The van der Waals surface area contributed by atoms with Gasteiger partial charge in [0.05, 0.1) is 10.6 Å². The summed E-state index contributed by atoms with van der Waals surface area (Å²) in [6.07, 6.45) is 0. The number of nitrogens with zero attached hydrogens (tertiary/aromatic N) is 1. The van der Waals surface area contributed by atoms with Crippen molar-refractivity contribution in [2.75, 3.05) is 17.1 Å². The minimum Gasteiger partial charge on any atom is -0.398 e. The van der Waals surface area contributed by atoms with E-state index in [9.17, 15) is 8.42 Å². The first-order chi connectivity index (χ1) is 8.93. The van der Waals surface area contributed by atoms with Crippen LogP contribution in [-0.2, 0) is 10.0 Å². The van der Waals surface area contributed by atoms with Crippen molar-refractivity contribution in [3.63, 3.8) is 0 Å². The third kappa shape index (κ3) is 2.56. The van der Waals surface area contributed by atoms with Gasteiger partial charge in [-0.15, -0.1) is 0 Å². The predicted molar refractivity (Wildman–Crippen MR) is 77.6 cm³/mol. The van der Waals surface area contributed by atoms with Gasteiger partial charge in [-0.2, -0.15) is 0 Å². The summed E-state index contributed by atoms with van der Waals surface area (Å²) >= 11 is 0. The van der Waals surface area contributed by atoms with Crippen LogP contribution in [0.1, 0.15) is 5.56 Å². The Morgan fingerprint density at radius 1 is 1.05 bits per heavy atom. The molecule has 0 aliphatic heterocycles. The Hall–Kier alpha value is -2.01. The van der Waals surface area contributed by atoms with Crippen LogP contribution in [0.3, 0.4) is 0 Å². The first-order valence-electron chi connectivity index (χ1n) is 5.83. The molecule has 2 rings (SSSR count). The maximum absolute atomic E-state index is 12.5. The van der Waals surface area contributed by atoms with E-state index in [1.165, 1.54) is 17.4 Å². The van der Waals surface area contributed by atoms with Gasteiger partial charge in [-0.25, -0.2) is 8.42 Å². The number of hydrogen-bond acceptors (Lipinski definition) is 3. The summed E-state index contributed by atoms with van der Waals surface area (Å²) < 4.78 is 26.2. The van der Waals surface area contributed by atoms with E-state index in [1.807, 2.05) is 13.0 Å². The van der Waals surface area contributed by atoms with Gasteiger partial charge in [0, 0.05) is 12.7 Å². The molecule has 0 radical (unpaired) electrons. The number of para-hydroxylation sites is 1. The quantitative estimate of drug-likeness (QED) is 0.876. The van der Waals surface area contributed by atoms with E-state index >= 15 is 0 Å². The molecule has 5 heteroatoms. The lowest BCUT2D eigenvalue weighted by Crippen LogP contribution is -2.26. The van der Waals surface area contributed by atoms with Crippen LogP contribution in [0.25, 0.3) is 0 Å². The number of anilines is 2. The molecular weight excluding hydrogens is 260 g/mol. The average Bonchev–Trinajstić information content (AvgIpc) is 2.41. The molecule has 4 nitrogen and oxygen atoms in total. The standard InChI is InChI=1S/C14H16N2O2S/c1-11-8-9-13(10-14(11)15)19(17,18)16(2)12-6-4-3-5-7-12/h3-10H,15H2,1-2H3. The SMILES string of the molecule is Cc1ccc(S(=O)(=O)N(C)c2ccccc2)cc1N. The van der Waals surface area contributed by atoms with Crippen molar-refractivity contribution < 1.29 is 8.42 Å². The van der Waals surface area contributed by atoms with Crippen LogP contribution in [0, 0.1) is 6.92 Å². The summed E-state index contributed by atoms with van der Waals surface area (Å²) in [5.41, 5.74) is 7.72. The molecule has 0 fully saturated rings. The highest BCUT2D eigenvalue weighted by Crippen LogP contribution is 2.24. The molecule has 2 aromatic rings. The molecule has 0 aromatic heterocycles. The minimum atomic E-state index is -3.58. The lowest BCUT2D eigenvalue weighted by Gasteiger charge is -2.19. The number of aryl methyl sites for hydroxylation is 1. The van der Waals surface area contributed by atoms with Gasteiger partial charge < -0.3 is 5.73 Å². The number of sulfonamides is 1. The van der Waals surface area contributed by atoms with Gasteiger partial charge in [0.25, 0.3) is 10.0 Å². The third-order valence-electron chi connectivity index (χ3n) is 3.03. The second kappa shape index (κ2) is 4.93. The van der Waals surface area contributed by atoms with E-state index < -0.39 is 10.0 Å². The second-order valence-corrected chi connectivity index (χ2v) is 6.30. The van der Waals surface area contributed by atoms with Crippen molar-refractivity contribution >= 4 is 21.4 Å². The zero-order chi connectivity index (χ0) is 14.0. The molecule has 100 valence electrons. The molecule has 0 atom stereocenters. The molecule has 0 heterocycles. The Kier molecular flexibility index (Phi) is 3.48. The largest absolute Gasteiger partial charge is 0.398 e. The normalized spacial score (nSPS) is 11.3. The third-order valence-corrected chi connectivity index (χ3v) is 4.81. The van der Waals surface area contributed by atoms with E-state index in [2.05, 4.69) is 0 Å². The summed E-state index contributed by atoms with van der Waals surface area (Å²) in [5, 5.41) is 0. The number of rotatable bonds is 3. The smallest absolute Gasteiger partial charge is 0.264 e. The Bertz CT molecular complexity index is 682. The van der Waals surface area contributed by atoms with E-state index in [0.29, 0.717) is 11.4 Å². The first kappa shape index (κ1) is 13.4. The van der Waals surface area contributed by atoms with Crippen molar-refractivity contribution in [2.45, 2.75) is 11.8 Å². The molecular formula is C14H16N2O2S. The molecule has 0 saturated heterocycles. The summed E-state index contributed by atoms with van der Waals surface area (Å²) in [6, 6.07) is 13.7. The monoisotopic (exact) mass is 276 g/mol. The van der Waals surface area contributed by atoms with Crippen molar-refractivity contribution in [3.8, 4) is 0 Å². The van der Waals surface area contributed by atoms with Crippen molar-refractivity contribution in [3.05, 3.63) is 54.1 Å². The second-order valence-electron chi connectivity index (χ2n) is 4.33. The van der Waals surface area contributed by atoms with Crippen LogP contribution in [0.4, 0.5) is 11.4 Å². The van der Waals surface area contributed by atoms with Crippen molar-refractivity contribution in [1.29, 1.82) is 0 Å². The zero-order valence-electron chi connectivity index (χ0n) is 10.9. The number of nitrogens with two attached hydrogens (primary N) is 1. The summed E-state index contributed by atoms with van der Waals surface area (Å²) in [7, 11) is -2.05. The topological polar surface area (TPSA) is 63.4 Å². The summed E-state index contributed by atoms with van der Waals surface area (Å²) in [5.74, 6) is 0. The van der Waals surface area contributed by atoms with Crippen LogP contribution < -0.4 is 10.0 Å². The van der Waals surface area contributed by atoms with E-state index in [0.717, 1.165) is 5.56 Å². The number of hydrogen-bond donors (Lipinski definition) is 1. The van der Waals surface area contributed by atoms with Gasteiger partial charge in [0.2, 0.25) is 0 Å². The molecule has 0 aliphatic rings. The lowest BCUT2D eigenvalue weighted by atomic mass is 10.2. The fourth-order valence-electron chi connectivity index (χ4n) is 1.71. The van der Waals surface area contributed by atoms with Gasteiger partial charge in [-0.1, -0.05) is 24.3 Å². The number of benzene rings is 2. The lowest BCUT2D eigenvalue weighted by molar-refractivity contribution is 0.594. The molecule has 0 saturated carbocycles. The van der Waals surface area contributed by atoms with Crippen LogP contribution in [0.15, 0.2) is 53.4 Å². The highest BCUT2D eigenvalue weighted by molar-refractivity contribution is 7.92. The van der Waals surface area contributed by atoms with E-state index in [-0.39, 0.29) is 4.90 Å². The maximum atomic E-state index is 12.5. The van der Waals surface area contributed by atoms with Crippen LogP contribution in [0.5, 0.6) is 0 Å². The van der Waals surface area contributed by atoms with Gasteiger partial charge in [0.1, 0.15) is 0 Å². The van der Waals surface area contributed by atoms with E-state index in [4.69, 9.17) is 5.73 Å². The minimum absolute atomic E-state index is 0.196. The Labute approximate surface area is 113 Å². The Balaban J connectivity index is 2.45. The fraction of sp³-hybridized carbons (Fsp3) is 0.143. The molecule has 2 N–H and O–H groups in total. The van der Waals surface area contributed by atoms with E-state index in [1.54, 1.807) is 36.4 Å². The predicted octanol–water partition coefficient (Wildman–Crippen LogP) is 2.40. The highest BCUT2D eigenvalue weighted by atomic mass is 32.2. The molecule has 19 heavy (non-hydrogen) atoms.